The molecule has 0 saturated heterocycles. The van der Waals surface area contributed by atoms with Crippen LogP contribution in [-0.2, 0) is 9.84 Å². The average Bonchev–Trinajstić information content (AvgIpc) is 2.57. The maximum absolute atomic E-state index is 14.2. The molecule has 0 amide bonds. The van der Waals surface area contributed by atoms with E-state index in [4.69, 9.17) is 0 Å². The Labute approximate surface area is 144 Å². The first-order valence-corrected chi connectivity index (χ1v) is 9.25. The highest BCUT2D eigenvalue weighted by Gasteiger charge is 2.18. The van der Waals surface area contributed by atoms with Gasteiger partial charge in [0.2, 0.25) is 0 Å². The van der Waals surface area contributed by atoms with Crippen molar-refractivity contribution >= 4 is 9.84 Å². The third-order valence-electron chi connectivity index (χ3n) is 3.86. The summed E-state index contributed by atoms with van der Waals surface area (Å²) in [6, 6.07) is 14.3. The Hall–Kier alpha value is -2.73. The second-order valence-corrected chi connectivity index (χ2v) is 7.61. The van der Waals surface area contributed by atoms with Gasteiger partial charge in [0.05, 0.1) is 4.90 Å². The van der Waals surface area contributed by atoms with Gasteiger partial charge in [-0.3, -0.25) is 0 Å². The molecule has 0 aliphatic carbocycles. The molecular weight excluding hydrogens is 346 g/mol. The smallest absolute Gasteiger partial charge is 0.175 e. The van der Waals surface area contributed by atoms with Crippen LogP contribution in [0.3, 0.4) is 0 Å². The van der Waals surface area contributed by atoms with Crippen LogP contribution >= 0.6 is 0 Å². The summed E-state index contributed by atoms with van der Waals surface area (Å²) in [5.74, 6) is -2.27. The number of phenols is 1. The van der Waals surface area contributed by atoms with Crippen molar-refractivity contribution in [1.29, 1.82) is 0 Å². The lowest BCUT2D eigenvalue weighted by Crippen LogP contribution is -1.97. The molecule has 0 atom stereocenters. The molecule has 128 valence electrons. The summed E-state index contributed by atoms with van der Waals surface area (Å²) in [4.78, 5) is 0.148. The molecular formula is C19H14F2O3S. The summed E-state index contributed by atoms with van der Waals surface area (Å²) in [7, 11) is -3.34. The SMILES string of the molecule is CS(=O)(=O)c1ccc(-c2cccc(O)c2-c2cccc(F)c2F)cc1. The Morgan fingerprint density at radius 3 is 2.08 bits per heavy atom. The highest BCUT2D eigenvalue weighted by molar-refractivity contribution is 7.90. The Morgan fingerprint density at radius 1 is 0.840 bits per heavy atom. The van der Waals surface area contributed by atoms with Crippen molar-refractivity contribution in [3.63, 3.8) is 0 Å². The predicted molar refractivity (Wildman–Crippen MR) is 92.0 cm³/mol. The number of halogens is 2. The van der Waals surface area contributed by atoms with E-state index in [2.05, 4.69) is 0 Å². The van der Waals surface area contributed by atoms with Crippen molar-refractivity contribution < 1.29 is 22.3 Å². The van der Waals surface area contributed by atoms with Crippen LogP contribution in [0.4, 0.5) is 8.78 Å². The monoisotopic (exact) mass is 360 g/mol. The normalized spacial score (nSPS) is 11.5. The maximum atomic E-state index is 14.2. The summed E-state index contributed by atoms with van der Waals surface area (Å²) >= 11 is 0. The van der Waals surface area contributed by atoms with Crippen LogP contribution in [0.5, 0.6) is 5.75 Å². The van der Waals surface area contributed by atoms with E-state index >= 15 is 0 Å². The molecule has 6 heteroatoms. The topological polar surface area (TPSA) is 54.4 Å². The predicted octanol–water partition coefficient (Wildman–Crippen LogP) is 4.41. The molecule has 0 unspecified atom stereocenters. The van der Waals surface area contributed by atoms with Crippen molar-refractivity contribution in [1.82, 2.24) is 0 Å². The molecule has 0 heterocycles. The first-order chi connectivity index (χ1) is 11.8. The molecule has 0 aliphatic rings. The molecule has 1 N–H and O–H groups in total. The molecule has 3 aromatic carbocycles. The van der Waals surface area contributed by atoms with Crippen LogP contribution in [0.1, 0.15) is 0 Å². The summed E-state index contributed by atoms with van der Waals surface area (Å²) in [6.45, 7) is 0. The van der Waals surface area contributed by atoms with Crippen molar-refractivity contribution in [3.8, 4) is 28.0 Å². The fourth-order valence-electron chi connectivity index (χ4n) is 2.64. The van der Waals surface area contributed by atoms with Gasteiger partial charge in [0.1, 0.15) is 5.75 Å². The Morgan fingerprint density at radius 2 is 1.44 bits per heavy atom. The quantitative estimate of drug-likeness (QED) is 0.753. The van der Waals surface area contributed by atoms with Gasteiger partial charge in [0, 0.05) is 17.4 Å². The highest BCUT2D eigenvalue weighted by atomic mass is 32.2. The third-order valence-corrected chi connectivity index (χ3v) is 4.99. The van der Waals surface area contributed by atoms with Crippen LogP contribution in [-0.4, -0.2) is 19.8 Å². The number of hydrogen-bond acceptors (Lipinski definition) is 3. The summed E-state index contributed by atoms with van der Waals surface area (Å²) in [5.41, 5.74) is 1.11. The van der Waals surface area contributed by atoms with Gasteiger partial charge in [-0.2, -0.15) is 0 Å². The van der Waals surface area contributed by atoms with Gasteiger partial charge in [-0.25, -0.2) is 17.2 Å². The van der Waals surface area contributed by atoms with Crippen LogP contribution in [0.2, 0.25) is 0 Å². The van der Waals surface area contributed by atoms with Gasteiger partial charge in [-0.15, -0.1) is 0 Å². The van der Waals surface area contributed by atoms with Crippen molar-refractivity contribution in [2.75, 3.05) is 6.26 Å². The molecule has 0 aliphatic heterocycles. The van der Waals surface area contributed by atoms with Gasteiger partial charge in [-0.05, 0) is 35.4 Å². The molecule has 0 fully saturated rings. The number of aromatic hydroxyl groups is 1. The summed E-state index contributed by atoms with van der Waals surface area (Å²) < 4.78 is 51.0. The minimum Gasteiger partial charge on any atom is -0.507 e. The molecule has 3 aromatic rings. The van der Waals surface area contributed by atoms with E-state index in [9.17, 15) is 22.3 Å². The molecule has 0 bridgehead atoms. The second-order valence-electron chi connectivity index (χ2n) is 5.60. The van der Waals surface area contributed by atoms with E-state index < -0.39 is 21.5 Å². The first kappa shape index (κ1) is 17.1. The zero-order chi connectivity index (χ0) is 18.2. The highest BCUT2D eigenvalue weighted by Crippen LogP contribution is 2.40. The van der Waals surface area contributed by atoms with E-state index in [1.165, 1.54) is 30.3 Å². The van der Waals surface area contributed by atoms with E-state index in [0.717, 1.165) is 12.3 Å². The minimum atomic E-state index is -3.34. The van der Waals surface area contributed by atoms with Crippen LogP contribution in [0.25, 0.3) is 22.3 Å². The largest absolute Gasteiger partial charge is 0.507 e. The zero-order valence-electron chi connectivity index (χ0n) is 13.2. The molecule has 3 rings (SSSR count). The first-order valence-electron chi connectivity index (χ1n) is 7.36. The Balaban J connectivity index is 2.22. The standard InChI is InChI=1S/C19H14F2O3S/c1-25(23,24)13-10-8-12(9-11-13)14-4-3-7-17(22)18(14)15-5-2-6-16(20)19(15)21/h2-11,22H,1H3. The fourth-order valence-corrected chi connectivity index (χ4v) is 3.27. The zero-order valence-corrected chi connectivity index (χ0v) is 14.0. The molecule has 0 saturated carbocycles. The van der Waals surface area contributed by atoms with Crippen LogP contribution < -0.4 is 0 Å². The number of rotatable bonds is 3. The van der Waals surface area contributed by atoms with Gasteiger partial charge < -0.3 is 5.11 Å². The number of benzene rings is 3. The number of hydrogen-bond donors (Lipinski definition) is 1. The van der Waals surface area contributed by atoms with Gasteiger partial charge >= 0.3 is 0 Å². The second kappa shape index (κ2) is 6.29. The lowest BCUT2D eigenvalue weighted by molar-refractivity contribution is 0.475. The Bertz CT molecular complexity index is 1040. The van der Waals surface area contributed by atoms with Gasteiger partial charge in [0.15, 0.2) is 21.5 Å². The fraction of sp³-hybridized carbons (Fsp3) is 0.0526. The van der Waals surface area contributed by atoms with Gasteiger partial charge in [0.25, 0.3) is 0 Å². The molecule has 0 spiro atoms. The number of phenolic OH excluding ortho intramolecular Hbond substituents is 1. The van der Waals surface area contributed by atoms with Gasteiger partial charge in [-0.1, -0.05) is 36.4 Å². The maximum Gasteiger partial charge on any atom is 0.175 e. The van der Waals surface area contributed by atoms with Crippen molar-refractivity contribution in [2.24, 2.45) is 0 Å². The van der Waals surface area contributed by atoms with E-state index in [0.29, 0.717) is 11.1 Å². The van der Waals surface area contributed by atoms with Crippen LogP contribution in [0.15, 0.2) is 65.6 Å². The summed E-state index contributed by atoms with van der Waals surface area (Å²) in [5, 5.41) is 10.2. The lowest BCUT2D eigenvalue weighted by Gasteiger charge is -2.13. The number of sulfone groups is 1. The molecule has 25 heavy (non-hydrogen) atoms. The molecule has 3 nitrogen and oxygen atoms in total. The average molecular weight is 360 g/mol. The van der Waals surface area contributed by atoms with E-state index in [-0.39, 0.29) is 21.8 Å². The van der Waals surface area contributed by atoms with E-state index in [1.807, 2.05) is 0 Å². The van der Waals surface area contributed by atoms with Crippen LogP contribution in [0, 0.1) is 11.6 Å². The molecule has 0 radical (unpaired) electrons. The Kier molecular flexibility index (Phi) is 4.30. The lowest BCUT2D eigenvalue weighted by atomic mass is 9.93. The third kappa shape index (κ3) is 3.25. The minimum absolute atomic E-state index is 0.0692. The van der Waals surface area contributed by atoms with Crippen molar-refractivity contribution in [2.45, 2.75) is 4.90 Å². The molecule has 0 aromatic heterocycles. The summed E-state index contributed by atoms with van der Waals surface area (Å²) in [6.07, 6.45) is 1.10. The van der Waals surface area contributed by atoms with E-state index in [1.54, 1.807) is 24.3 Å². The van der Waals surface area contributed by atoms with Crippen molar-refractivity contribution in [3.05, 3.63) is 72.3 Å².